The number of methoxy groups -OCH3 is 1. The molecule has 1 aromatic carbocycles. The zero-order valence-electron chi connectivity index (χ0n) is 18.2. The predicted molar refractivity (Wildman–Crippen MR) is 129 cm³/mol. The van der Waals surface area contributed by atoms with Crippen LogP contribution < -0.4 is 15.8 Å². The summed E-state index contributed by atoms with van der Waals surface area (Å²) in [5.41, 5.74) is 9.68. The molecule has 1 aliphatic carbocycles. The Bertz CT molecular complexity index is 1310. The third-order valence-corrected chi connectivity index (χ3v) is 5.73. The molecule has 0 radical (unpaired) electrons. The molecule has 0 saturated heterocycles. The van der Waals surface area contributed by atoms with Crippen molar-refractivity contribution in [2.75, 3.05) is 12.4 Å². The predicted octanol–water partition coefficient (Wildman–Crippen LogP) is 3.88. The van der Waals surface area contributed by atoms with Gasteiger partial charge in [0.15, 0.2) is 5.01 Å². The van der Waals surface area contributed by atoms with Crippen molar-refractivity contribution in [2.45, 2.75) is 19.8 Å². The van der Waals surface area contributed by atoms with Gasteiger partial charge in [0.05, 0.1) is 13.3 Å². The topological polar surface area (TPSA) is 127 Å². The highest BCUT2D eigenvalue weighted by atomic mass is 32.1. The lowest BCUT2D eigenvalue weighted by Crippen LogP contribution is -2.14. The van der Waals surface area contributed by atoms with Crippen LogP contribution in [0.1, 0.15) is 39.5 Å². The van der Waals surface area contributed by atoms with E-state index in [1.165, 1.54) is 17.4 Å². The summed E-state index contributed by atoms with van der Waals surface area (Å²) in [4.78, 5) is 17.5. The van der Waals surface area contributed by atoms with Crippen molar-refractivity contribution in [2.24, 2.45) is 11.7 Å². The van der Waals surface area contributed by atoms with E-state index < -0.39 is 0 Å². The summed E-state index contributed by atoms with van der Waals surface area (Å²) in [7, 11) is 1.55. The van der Waals surface area contributed by atoms with Gasteiger partial charge in [-0.3, -0.25) is 15.1 Å². The van der Waals surface area contributed by atoms with Crippen molar-refractivity contribution in [3.05, 3.63) is 58.4 Å². The third kappa shape index (κ3) is 5.25. The third-order valence-electron chi connectivity index (χ3n) is 4.98. The van der Waals surface area contributed by atoms with Crippen LogP contribution in [0, 0.1) is 30.1 Å². The molecule has 8 nitrogen and oxygen atoms in total. The standard InChI is InChI=1S/C24H22N6O2S/c1-14-11-19(21(32-2)13-27-14)18-12-16(20(26)9-10-25)6-7-17(18)23(31)28-24-30-29-22(33-24)8-5-15-3-4-15/h6-7,9-13,15,25H,3-4,26H2,1-2H3,(H,28,30,31)/b20-9-,25-10?. The molecule has 1 aliphatic rings. The van der Waals surface area contributed by atoms with Gasteiger partial charge in [-0.25, -0.2) is 0 Å². The van der Waals surface area contributed by atoms with Crippen LogP contribution in [-0.2, 0) is 0 Å². The average Bonchev–Trinajstić information content (AvgIpc) is 3.55. The first-order valence-corrected chi connectivity index (χ1v) is 11.1. The summed E-state index contributed by atoms with van der Waals surface area (Å²) in [6, 6.07) is 7.07. The van der Waals surface area contributed by atoms with Crippen LogP contribution in [-0.4, -0.2) is 34.4 Å². The van der Waals surface area contributed by atoms with E-state index in [-0.39, 0.29) is 5.91 Å². The number of benzene rings is 1. The molecule has 4 rings (SSSR count). The van der Waals surface area contributed by atoms with Crippen LogP contribution in [0.15, 0.2) is 36.5 Å². The van der Waals surface area contributed by atoms with E-state index in [0.29, 0.717) is 49.8 Å². The summed E-state index contributed by atoms with van der Waals surface area (Å²) < 4.78 is 5.50. The number of nitrogens with zero attached hydrogens (tertiary/aromatic N) is 3. The van der Waals surface area contributed by atoms with Crippen molar-refractivity contribution in [1.29, 1.82) is 5.41 Å². The molecule has 0 unspecified atom stereocenters. The molecule has 33 heavy (non-hydrogen) atoms. The molecule has 0 aliphatic heterocycles. The number of allylic oxidation sites excluding steroid dienone is 1. The minimum atomic E-state index is -0.347. The maximum absolute atomic E-state index is 13.2. The lowest BCUT2D eigenvalue weighted by atomic mass is 9.95. The lowest BCUT2D eigenvalue weighted by Gasteiger charge is -2.15. The second kappa shape index (κ2) is 9.63. The lowest BCUT2D eigenvalue weighted by molar-refractivity contribution is 0.102. The Kier molecular flexibility index (Phi) is 6.47. The molecular formula is C24H22N6O2S. The van der Waals surface area contributed by atoms with Gasteiger partial charge in [0.2, 0.25) is 5.13 Å². The van der Waals surface area contributed by atoms with E-state index in [9.17, 15) is 4.79 Å². The van der Waals surface area contributed by atoms with Crippen molar-refractivity contribution < 1.29 is 9.53 Å². The number of rotatable bonds is 6. The Morgan fingerprint density at radius 2 is 2.12 bits per heavy atom. The van der Waals surface area contributed by atoms with E-state index >= 15 is 0 Å². The van der Waals surface area contributed by atoms with Gasteiger partial charge in [0.1, 0.15) is 5.75 Å². The number of nitrogens with one attached hydrogen (secondary N) is 2. The molecule has 0 spiro atoms. The van der Waals surface area contributed by atoms with E-state index in [4.69, 9.17) is 15.9 Å². The first-order chi connectivity index (χ1) is 16.0. The minimum Gasteiger partial charge on any atom is -0.494 e. The number of hydrogen-bond acceptors (Lipinski definition) is 8. The number of amides is 1. The molecule has 9 heteroatoms. The molecule has 1 fully saturated rings. The van der Waals surface area contributed by atoms with Crippen LogP contribution in [0.25, 0.3) is 16.8 Å². The summed E-state index contributed by atoms with van der Waals surface area (Å²) in [6.07, 6.45) is 6.48. The molecular weight excluding hydrogens is 436 g/mol. The maximum atomic E-state index is 13.2. The zero-order chi connectivity index (χ0) is 23.4. The fourth-order valence-corrected chi connectivity index (χ4v) is 3.73. The van der Waals surface area contributed by atoms with Gasteiger partial charge in [-0.05, 0) is 61.1 Å². The first kappa shape index (κ1) is 22.2. The number of ether oxygens (including phenoxy) is 1. The van der Waals surface area contributed by atoms with Crippen LogP contribution in [0.2, 0.25) is 0 Å². The molecule has 2 heterocycles. The number of pyridine rings is 1. The highest BCUT2D eigenvalue weighted by Gasteiger charge is 2.20. The van der Waals surface area contributed by atoms with Crippen molar-refractivity contribution >= 4 is 34.3 Å². The quantitative estimate of drug-likeness (QED) is 0.380. The second-order valence-corrected chi connectivity index (χ2v) is 8.46. The molecule has 2 aromatic heterocycles. The summed E-state index contributed by atoms with van der Waals surface area (Å²) in [6.45, 7) is 1.86. The average molecular weight is 459 g/mol. The number of carbonyl (C=O) groups is 1. The molecule has 166 valence electrons. The summed E-state index contributed by atoms with van der Waals surface area (Å²) >= 11 is 1.24. The highest BCUT2D eigenvalue weighted by molar-refractivity contribution is 7.15. The van der Waals surface area contributed by atoms with Gasteiger partial charge in [0.25, 0.3) is 5.91 Å². The Balaban J connectivity index is 1.72. The number of carbonyl (C=O) groups excluding carboxylic acids is 1. The number of hydrogen-bond donors (Lipinski definition) is 3. The van der Waals surface area contributed by atoms with Crippen molar-refractivity contribution in [3.8, 4) is 28.7 Å². The maximum Gasteiger partial charge on any atom is 0.258 e. The largest absolute Gasteiger partial charge is 0.494 e. The zero-order valence-corrected chi connectivity index (χ0v) is 19.0. The SMILES string of the molecule is COc1cnc(C)cc1-c1cc(/C(N)=C/C=N)ccc1C(=O)Nc1nnc(C#CC2CC2)s1. The summed E-state index contributed by atoms with van der Waals surface area (Å²) in [5.74, 6) is 6.79. The van der Waals surface area contributed by atoms with Gasteiger partial charge in [-0.1, -0.05) is 23.3 Å². The van der Waals surface area contributed by atoms with Gasteiger partial charge < -0.3 is 15.9 Å². The van der Waals surface area contributed by atoms with Gasteiger partial charge >= 0.3 is 0 Å². The Morgan fingerprint density at radius 1 is 1.30 bits per heavy atom. The number of nitrogens with two attached hydrogens (primary N) is 1. The normalized spacial score (nSPS) is 13.1. The molecule has 1 saturated carbocycles. The Hall–Kier alpha value is -4.03. The minimum absolute atomic E-state index is 0.347. The van der Waals surface area contributed by atoms with Crippen LogP contribution in [0.3, 0.4) is 0 Å². The number of aromatic nitrogens is 3. The first-order valence-electron chi connectivity index (χ1n) is 10.3. The molecule has 0 bridgehead atoms. The molecule has 4 N–H and O–H groups in total. The van der Waals surface area contributed by atoms with Gasteiger partial charge in [0, 0.05) is 34.7 Å². The smallest absolute Gasteiger partial charge is 0.258 e. The van der Waals surface area contributed by atoms with E-state index in [0.717, 1.165) is 24.8 Å². The van der Waals surface area contributed by atoms with Gasteiger partial charge in [-0.15, -0.1) is 10.2 Å². The van der Waals surface area contributed by atoms with Crippen LogP contribution >= 0.6 is 11.3 Å². The monoisotopic (exact) mass is 458 g/mol. The summed E-state index contributed by atoms with van der Waals surface area (Å²) in [5, 5.41) is 19.1. The van der Waals surface area contributed by atoms with Gasteiger partial charge in [-0.2, -0.15) is 0 Å². The van der Waals surface area contributed by atoms with E-state index in [1.54, 1.807) is 31.5 Å². The second-order valence-electron chi connectivity index (χ2n) is 7.49. The Labute approximate surface area is 195 Å². The molecule has 1 amide bonds. The number of aryl methyl sites for hydroxylation is 1. The molecule has 0 atom stereocenters. The van der Waals surface area contributed by atoms with E-state index in [1.807, 2.05) is 13.0 Å². The highest BCUT2D eigenvalue weighted by Crippen LogP contribution is 2.34. The van der Waals surface area contributed by atoms with E-state index in [2.05, 4.69) is 32.3 Å². The molecule has 3 aromatic rings. The number of anilines is 1. The van der Waals surface area contributed by atoms with Crippen molar-refractivity contribution in [1.82, 2.24) is 15.2 Å². The van der Waals surface area contributed by atoms with Crippen LogP contribution in [0.4, 0.5) is 5.13 Å². The van der Waals surface area contributed by atoms with Crippen molar-refractivity contribution in [3.63, 3.8) is 0 Å². The Morgan fingerprint density at radius 3 is 2.85 bits per heavy atom. The fourth-order valence-electron chi connectivity index (χ4n) is 3.13. The van der Waals surface area contributed by atoms with Crippen LogP contribution in [0.5, 0.6) is 5.75 Å². The fraction of sp³-hybridized carbons (Fsp3) is 0.208.